The molecule has 14 heavy (non-hydrogen) atoms. The standard InChI is InChI=1S/C7H9F4NO2/c1-3(4(2)13)12-6(14)7(10,11)5(8)9/h3,5H,1-2H3,(H,12,14). The van der Waals surface area contributed by atoms with Crippen molar-refractivity contribution >= 4 is 11.7 Å². The van der Waals surface area contributed by atoms with Gasteiger partial charge >= 0.3 is 12.3 Å². The van der Waals surface area contributed by atoms with Crippen molar-refractivity contribution in [1.82, 2.24) is 5.32 Å². The van der Waals surface area contributed by atoms with Gasteiger partial charge in [0.1, 0.15) is 0 Å². The van der Waals surface area contributed by atoms with Gasteiger partial charge in [-0.25, -0.2) is 8.78 Å². The van der Waals surface area contributed by atoms with Crippen molar-refractivity contribution in [2.45, 2.75) is 32.2 Å². The molecule has 82 valence electrons. The first-order valence-corrected chi connectivity index (χ1v) is 3.67. The number of hydrogen-bond donors (Lipinski definition) is 1. The van der Waals surface area contributed by atoms with Gasteiger partial charge in [0.15, 0.2) is 5.78 Å². The molecule has 0 saturated heterocycles. The average molecular weight is 215 g/mol. The molecular formula is C7H9F4NO2. The van der Waals surface area contributed by atoms with Crippen LogP contribution in [0.1, 0.15) is 13.8 Å². The molecule has 0 aromatic heterocycles. The SMILES string of the molecule is CC(=O)C(C)NC(=O)C(F)(F)C(F)F. The second kappa shape index (κ2) is 4.39. The Labute approximate surface area is 77.5 Å². The highest BCUT2D eigenvalue weighted by Gasteiger charge is 2.49. The molecule has 1 amide bonds. The topological polar surface area (TPSA) is 46.2 Å². The predicted molar refractivity (Wildman–Crippen MR) is 39.2 cm³/mol. The number of carbonyl (C=O) groups excluding carboxylic acids is 2. The maximum absolute atomic E-state index is 12.3. The molecule has 0 aliphatic rings. The number of alkyl halides is 4. The van der Waals surface area contributed by atoms with Crippen LogP contribution in [0, 0.1) is 0 Å². The van der Waals surface area contributed by atoms with Crippen LogP contribution in [0.25, 0.3) is 0 Å². The zero-order valence-electron chi connectivity index (χ0n) is 7.48. The molecule has 0 rings (SSSR count). The molecule has 3 nitrogen and oxygen atoms in total. The minimum atomic E-state index is -4.76. The summed E-state index contributed by atoms with van der Waals surface area (Å²) in [5.41, 5.74) is 0. The predicted octanol–water partition coefficient (Wildman–Crippen LogP) is 0.980. The third-order valence-electron chi connectivity index (χ3n) is 1.53. The Kier molecular flexibility index (Phi) is 4.03. The van der Waals surface area contributed by atoms with Gasteiger partial charge in [-0.05, 0) is 13.8 Å². The Balaban J connectivity index is 4.42. The Morgan fingerprint density at radius 2 is 1.71 bits per heavy atom. The second-order valence-corrected chi connectivity index (χ2v) is 2.73. The summed E-state index contributed by atoms with van der Waals surface area (Å²) in [7, 11) is 0. The van der Waals surface area contributed by atoms with E-state index in [1.54, 1.807) is 0 Å². The number of ketones is 1. The van der Waals surface area contributed by atoms with Crippen molar-refractivity contribution in [1.29, 1.82) is 0 Å². The molecule has 0 fully saturated rings. The van der Waals surface area contributed by atoms with Crippen LogP contribution in [-0.4, -0.2) is 30.1 Å². The lowest BCUT2D eigenvalue weighted by Crippen LogP contribution is -2.49. The van der Waals surface area contributed by atoms with Gasteiger partial charge in [0.05, 0.1) is 6.04 Å². The van der Waals surface area contributed by atoms with E-state index < -0.39 is 30.1 Å². The lowest BCUT2D eigenvalue weighted by molar-refractivity contribution is -0.170. The van der Waals surface area contributed by atoms with E-state index in [0.29, 0.717) is 0 Å². The van der Waals surface area contributed by atoms with Gasteiger partial charge in [-0.1, -0.05) is 0 Å². The van der Waals surface area contributed by atoms with Gasteiger partial charge < -0.3 is 5.32 Å². The van der Waals surface area contributed by atoms with E-state index in [2.05, 4.69) is 0 Å². The normalized spacial score (nSPS) is 13.9. The number of halogens is 4. The van der Waals surface area contributed by atoms with E-state index in [1.807, 2.05) is 0 Å². The first kappa shape index (κ1) is 12.9. The Morgan fingerprint density at radius 1 is 1.29 bits per heavy atom. The Morgan fingerprint density at radius 3 is 2.00 bits per heavy atom. The summed E-state index contributed by atoms with van der Waals surface area (Å²) in [6.07, 6.45) is -4.08. The minimum absolute atomic E-state index is 0.594. The van der Waals surface area contributed by atoms with Crippen molar-refractivity contribution in [3.63, 3.8) is 0 Å². The number of nitrogens with one attached hydrogen (secondary N) is 1. The van der Waals surface area contributed by atoms with Gasteiger partial charge in [-0.2, -0.15) is 8.78 Å². The summed E-state index contributed by atoms with van der Waals surface area (Å²) in [6.45, 7) is 2.17. The smallest absolute Gasteiger partial charge is 0.341 e. The number of rotatable bonds is 4. The third kappa shape index (κ3) is 2.97. The molecule has 7 heteroatoms. The van der Waals surface area contributed by atoms with Crippen molar-refractivity contribution in [3.8, 4) is 0 Å². The molecular weight excluding hydrogens is 206 g/mol. The zero-order chi connectivity index (χ0) is 11.5. The van der Waals surface area contributed by atoms with Crippen LogP contribution in [0.2, 0.25) is 0 Å². The van der Waals surface area contributed by atoms with E-state index in [0.717, 1.165) is 13.8 Å². The average Bonchev–Trinajstić information content (AvgIpc) is 2.03. The summed E-state index contributed by atoms with van der Waals surface area (Å²) in [5.74, 6) is -7.50. The number of Topliss-reactive ketones (excluding diaryl/α,β-unsaturated/α-hetero) is 1. The molecule has 0 radical (unpaired) electrons. The first-order valence-electron chi connectivity index (χ1n) is 3.67. The highest BCUT2D eigenvalue weighted by molar-refractivity contribution is 5.90. The van der Waals surface area contributed by atoms with E-state index in [-0.39, 0.29) is 0 Å². The van der Waals surface area contributed by atoms with Crippen LogP contribution in [0.3, 0.4) is 0 Å². The van der Waals surface area contributed by atoms with Crippen molar-refractivity contribution in [2.75, 3.05) is 0 Å². The van der Waals surface area contributed by atoms with E-state index in [1.165, 1.54) is 5.32 Å². The molecule has 0 saturated carbocycles. The third-order valence-corrected chi connectivity index (χ3v) is 1.53. The Hall–Kier alpha value is -1.14. The molecule has 1 N–H and O–H groups in total. The fourth-order valence-electron chi connectivity index (χ4n) is 0.494. The zero-order valence-corrected chi connectivity index (χ0v) is 7.48. The summed E-state index contributed by atoms with van der Waals surface area (Å²) in [4.78, 5) is 21.1. The Bertz CT molecular complexity index is 242. The summed E-state index contributed by atoms with van der Waals surface area (Å²) in [6, 6.07) is -1.20. The van der Waals surface area contributed by atoms with E-state index >= 15 is 0 Å². The van der Waals surface area contributed by atoms with E-state index in [9.17, 15) is 27.2 Å². The van der Waals surface area contributed by atoms with Crippen molar-refractivity contribution in [3.05, 3.63) is 0 Å². The summed E-state index contributed by atoms with van der Waals surface area (Å²) in [5, 5.41) is 1.48. The highest BCUT2D eigenvalue weighted by atomic mass is 19.3. The molecule has 0 aliphatic heterocycles. The number of carbonyl (C=O) groups is 2. The van der Waals surface area contributed by atoms with Crippen LogP contribution in [0.5, 0.6) is 0 Å². The maximum Gasteiger partial charge on any atom is 0.383 e. The lowest BCUT2D eigenvalue weighted by atomic mass is 10.2. The van der Waals surface area contributed by atoms with Gasteiger partial charge in [0.25, 0.3) is 5.91 Å². The van der Waals surface area contributed by atoms with Crippen LogP contribution in [0.15, 0.2) is 0 Å². The van der Waals surface area contributed by atoms with Gasteiger partial charge in [-0.15, -0.1) is 0 Å². The van der Waals surface area contributed by atoms with Crippen molar-refractivity contribution < 1.29 is 27.2 Å². The number of amides is 1. The lowest BCUT2D eigenvalue weighted by Gasteiger charge is -2.17. The first-order chi connectivity index (χ1) is 6.19. The van der Waals surface area contributed by atoms with Gasteiger partial charge in [0.2, 0.25) is 0 Å². The van der Waals surface area contributed by atoms with E-state index in [4.69, 9.17) is 0 Å². The minimum Gasteiger partial charge on any atom is -0.341 e. The monoisotopic (exact) mass is 215 g/mol. The maximum atomic E-state index is 12.3. The van der Waals surface area contributed by atoms with Crippen LogP contribution < -0.4 is 5.32 Å². The molecule has 1 unspecified atom stereocenters. The fourth-order valence-corrected chi connectivity index (χ4v) is 0.494. The molecule has 1 atom stereocenters. The second-order valence-electron chi connectivity index (χ2n) is 2.73. The molecule has 0 aliphatic carbocycles. The fraction of sp³-hybridized carbons (Fsp3) is 0.714. The van der Waals surface area contributed by atoms with Crippen LogP contribution >= 0.6 is 0 Å². The highest BCUT2D eigenvalue weighted by Crippen LogP contribution is 2.22. The van der Waals surface area contributed by atoms with Crippen LogP contribution in [0.4, 0.5) is 17.6 Å². The molecule has 0 heterocycles. The molecule has 0 aromatic carbocycles. The molecule has 0 bridgehead atoms. The molecule has 0 spiro atoms. The number of hydrogen-bond acceptors (Lipinski definition) is 2. The van der Waals surface area contributed by atoms with Crippen LogP contribution in [-0.2, 0) is 9.59 Å². The van der Waals surface area contributed by atoms with Gasteiger partial charge in [0, 0.05) is 0 Å². The van der Waals surface area contributed by atoms with Gasteiger partial charge in [-0.3, -0.25) is 9.59 Å². The largest absolute Gasteiger partial charge is 0.383 e. The molecule has 0 aromatic rings. The van der Waals surface area contributed by atoms with Crippen molar-refractivity contribution in [2.24, 2.45) is 0 Å². The summed E-state index contributed by atoms with van der Waals surface area (Å²) < 4.78 is 47.8. The summed E-state index contributed by atoms with van der Waals surface area (Å²) >= 11 is 0. The quantitative estimate of drug-likeness (QED) is 0.710.